The number of carbonyl (C=O) groups is 2. The molecule has 19 heavy (non-hydrogen) atoms. The molecular formula is C12H13ClFNO4. The number of hydrogen-bond donors (Lipinski definition) is 2. The van der Waals surface area contributed by atoms with Crippen LogP contribution in [0.2, 0.25) is 5.02 Å². The molecule has 0 heterocycles. The second-order valence-corrected chi connectivity index (χ2v) is 5.12. The van der Waals surface area contributed by atoms with Gasteiger partial charge in [0.1, 0.15) is 17.0 Å². The molecule has 0 atom stereocenters. The Balaban J connectivity index is 3.10. The molecule has 0 saturated heterocycles. The fourth-order valence-electron chi connectivity index (χ4n) is 1.29. The molecule has 1 rings (SSSR count). The Morgan fingerprint density at radius 3 is 2.42 bits per heavy atom. The van der Waals surface area contributed by atoms with Gasteiger partial charge in [0.25, 0.3) is 0 Å². The lowest BCUT2D eigenvalue weighted by Gasteiger charge is -2.20. The monoisotopic (exact) mass is 289 g/mol. The average Bonchev–Trinajstić information content (AvgIpc) is 2.20. The van der Waals surface area contributed by atoms with Gasteiger partial charge in [-0.25, -0.2) is 14.0 Å². The number of halogens is 2. The molecule has 0 bridgehead atoms. The number of benzene rings is 1. The highest BCUT2D eigenvalue weighted by molar-refractivity contribution is 6.34. The maximum Gasteiger partial charge on any atom is 0.412 e. The Kier molecular flexibility index (Phi) is 4.36. The van der Waals surface area contributed by atoms with Crippen molar-refractivity contribution in [2.45, 2.75) is 26.4 Å². The van der Waals surface area contributed by atoms with Crippen molar-refractivity contribution in [3.63, 3.8) is 0 Å². The van der Waals surface area contributed by atoms with Gasteiger partial charge in [-0.2, -0.15) is 0 Å². The summed E-state index contributed by atoms with van der Waals surface area (Å²) in [6, 6.07) is 2.06. The fraction of sp³-hybridized carbons (Fsp3) is 0.333. The Labute approximate surface area is 114 Å². The summed E-state index contributed by atoms with van der Waals surface area (Å²) in [5, 5.41) is 10.8. The molecule has 0 radical (unpaired) electrons. The lowest BCUT2D eigenvalue weighted by atomic mass is 10.1. The van der Waals surface area contributed by atoms with Crippen LogP contribution in [0.1, 0.15) is 31.1 Å². The number of ether oxygens (including phenoxy) is 1. The van der Waals surface area contributed by atoms with E-state index in [9.17, 15) is 14.0 Å². The summed E-state index contributed by atoms with van der Waals surface area (Å²) >= 11 is 5.67. The maximum absolute atomic E-state index is 13.6. The van der Waals surface area contributed by atoms with Crippen molar-refractivity contribution in [2.24, 2.45) is 0 Å². The van der Waals surface area contributed by atoms with Gasteiger partial charge in [0.15, 0.2) is 0 Å². The Morgan fingerprint density at radius 1 is 1.37 bits per heavy atom. The first-order valence-corrected chi connectivity index (χ1v) is 5.71. The standard InChI is InChI=1S/C12H13ClFNO4/c1-12(2,3)19-11(18)15-9-7(14)5-4-6(13)8(9)10(16)17/h4-5H,1-3H3,(H,15,18)(H,16,17). The van der Waals surface area contributed by atoms with E-state index < -0.39 is 34.7 Å². The Hall–Kier alpha value is -1.82. The van der Waals surface area contributed by atoms with Crippen LogP contribution in [-0.4, -0.2) is 22.8 Å². The zero-order valence-corrected chi connectivity index (χ0v) is 11.3. The highest BCUT2D eigenvalue weighted by atomic mass is 35.5. The third-order valence-corrected chi connectivity index (χ3v) is 2.26. The molecule has 0 unspecified atom stereocenters. The Morgan fingerprint density at radius 2 is 1.95 bits per heavy atom. The van der Waals surface area contributed by atoms with Gasteiger partial charge in [-0.1, -0.05) is 11.6 Å². The minimum absolute atomic E-state index is 0.181. The normalized spacial score (nSPS) is 11.0. The molecule has 0 aromatic heterocycles. The first-order valence-electron chi connectivity index (χ1n) is 5.33. The van der Waals surface area contributed by atoms with Gasteiger partial charge in [0.2, 0.25) is 0 Å². The number of hydrogen-bond acceptors (Lipinski definition) is 3. The fourth-order valence-corrected chi connectivity index (χ4v) is 1.53. The highest BCUT2D eigenvalue weighted by Crippen LogP contribution is 2.28. The van der Waals surface area contributed by atoms with Crippen LogP contribution in [0.3, 0.4) is 0 Å². The molecule has 2 N–H and O–H groups in total. The lowest BCUT2D eigenvalue weighted by molar-refractivity contribution is 0.0635. The van der Waals surface area contributed by atoms with Crippen LogP contribution in [0.5, 0.6) is 0 Å². The molecule has 7 heteroatoms. The SMILES string of the molecule is CC(C)(C)OC(=O)Nc1c(F)ccc(Cl)c1C(=O)O. The summed E-state index contributed by atoms with van der Waals surface area (Å²) < 4.78 is 18.5. The second-order valence-electron chi connectivity index (χ2n) is 4.71. The van der Waals surface area contributed by atoms with Gasteiger partial charge >= 0.3 is 12.1 Å². The summed E-state index contributed by atoms with van der Waals surface area (Å²) in [4.78, 5) is 22.5. The predicted octanol–water partition coefficient (Wildman–Crippen LogP) is 3.52. The van der Waals surface area contributed by atoms with Gasteiger partial charge in [-0.05, 0) is 32.9 Å². The van der Waals surface area contributed by atoms with Crippen molar-refractivity contribution >= 4 is 29.4 Å². The largest absolute Gasteiger partial charge is 0.478 e. The molecule has 104 valence electrons. The van der Waals surface area contributed by atoms with E-state index in [1.54, 1.807) is 20.8 Å². The number of carboxylic acid groups (broad SMARTS) is 1. The van der Waals surface area contributed by atoms with Gasteiger partial charge in [-0.3, -0.25) is 5.32 Å². The number of carbonyl (C=O) groups excluding carboxylic acids is 1. The summed E-state index contributed by atoms with van der Waals surface area (Å²) in [6.45, 7) is 4.87. The Bertz CT molecular complexity index is 525. The highest BCUT2D eigenvalue weighted by Gasteiger charge is 2.23. The number of nitrogens with one attached hydrogen (secondary N) is 1. The van der Waals surface area contributed by atoms with Gasteiger partial charge in [-0.15, -0.1) is 0 Å². The maximum atomic E-state index is 13.6. The van der Waals surface area contributed by atoms with E-state index in [0.717, 1.165) is 12.1 Å². The number of aromatic carboxylic acids is 1. The van der Waals surface area contributed by atoms with Crippen molar-refractivity contribution in [3.8, 4) is 0 Å². The van der Waals surface area contributed by atoms with Gasteiger partial charge < -0.3 is 9.84 Å². The quantitative estimate of drug-likeness (QED) is 0.873. The average molecular weight is 290 g/mol. The van der Waals surface area contributed by atoms with E-state index in [2.05, 4.69) is 5.32 Å². The zero-order chi connectivity index (χ0) is 14.8. The predicted molar refractivity (Wildman–Crippen MR) is 68.2 cm³/mol. The summed E-state index contributed by atoms with van der Waals surface area (Å²) in [5.74, 6) is -2.36. The van der Waals surface area contributed by atoms with Crippen LogP contribution in [-0.2, 0) is 4.74 Å². The number of rotatable bonds is 2. The summed E-state index contributed by atoms with van der Waals surface area (Å²) in [5.41, 5.74) is -1.83. The first kappa shape index (κ1) is 15.2. The van der Waals surface area contributed by atoms with Crippen LogP contribution in [0.4, 0.5) is 14.9 Å². The summed E-state index contributed by atoms with van der Waals surface area (Å²) in [7, 11) is 0. The van der Waals surface area contributed by atoms with Crippen LogP contribution in [0.25, 0.3) is 0 Å². The number of amides is 1. The molecule has 1 amide bonds. The van der Waals surface area contributed by atoms with E-state index in [-0.39, 0.29) is 5.02 Å². The molecular weight excluding hydrogens is 277 g/mol. The van der Waals surface area contributed by atoms with Crippen LogP contribution < -0.4 is 5.32 Å². The van der Waals surface area contributed by atoms with Crippen molar-refractivity contribution < 1.29 is 23.8 Å². The molecule has 0 saturated carbocycles. The van der Waals surface area contributed by atoms with Crippen LogP contribution >= 0.6 is 11.6 Å². The van der Waals surface area contributed by atoms with Crippen LogP contribution in [0, 0.1) is 5.82 Å². The smallest absolute Gasteiger partial charge is 0.412 e. The van der Waals surface area contributed by atoms with E-state index in [1.165, 1.54) is 0 Å². The number of anilines is 1. The number of carboxylic acids is 1. The molecule has 0 aliphatic carbocycles. The molecule has 0 aliphatic heterocycles. The van der Waals surface area contributed by atoms with Gasteiger partial charge in [0.05, 0.1) is 10.7 Å². The van der Waals surface area contributed by atoms with Crippen molar-refractivity contribution in [1.82, 2.24) is 0 Å². The minimum Gasteiger partial charge on any atom is -0.478 e. The zero-order valence-electron chi connectivity index (χ0n) is 10.6. The molecule has 0 spiro atoms. The van der Waals surface area contributed by atoms with E-state index in [4.69, 9.17) is 21.4 Å². The second kappa shape index (κ2) is 5.44. The third-order valence-electron chi connectivity index (χ3n) is 1.94. The van der Waals surface area contributed by atoms with Crippen molar-refractivity contribution in [2.75, 3.05) is 5.32 Å². The van der Waals surface area contributed by atoms with E-state index in [0.29, 0.717) is 0 Å². The van der Waals surface area contributed by atoms with Crippen LogP contribution in [0.15, 0.2) is 12.1 Å². The van der Waals surface area contributed by atoms with Crippen molar-refractivity contribution in [3.05, 3.63) is 28.5 Å². The molecule has 0 fully saturated rings. The first-order chi connectivity index (χ1) is 8.61. The summed E-state index contributed by atoms with van der Waals surface area (Å²) in [6.07, 6.45) is -0.962. The van der Waals surface area contributed by atoms with E-state index >= 15 is 0 Å². The topological polar surface area (TPSA) is 75.6 Å². The minimum atomic E-state index is -1.45. The molecule has 5 nitrogen and oxygen atoms in total. The van der Waals surface area contributed by atoms with E-state index in [1.807, 2.05) is 0 Å². The lowest BCUT2D eigenvalue weighted by Crippen LogP contribution is -2.28. The third kappa shape index (κ3) is 4.10. The van der Waals surface area contributed by atoms with Crippen molar-refractivity contribution in [1.29, 1.82) is 0 Å². The molecule has 0 aliphatic rings. The molecule has 1 aromatic rings. The molecule has 1 aromatic carbocycles. The van der Waals surface area contributed by atoms with Gasteiger partial charge in [0, 0.05) is 0 Å².